The first-order valence-electron chi connectivity index (χ1n) is 8.90. The maximum atomic E-state index is 12.4. The van der Waals surface area contributed by atoms with Gasteiger partial charge in [0.1, 0.15) is 5.82 Å². The van der Waals surface area contributed by atoms with Crippen LogP contribution in [-0.2, 0) is 16.4 Å². The Morgan fingerprint density at radius 1 is 1.18 bits per heavy atom. The molecular weight excluding hydrogens is 400 g/mol. The number of likely N-dealkylation sites (N-methyl/N-ethyl adjacent to an activating group) is 1. The predicted molar refractivity (Wildman–Crippen MR) is 110 cm³/mol. The Kier molecular flexibility index (Phi) is 6.22. The summed E-state index contributed by atoms with van der Waals surface area (Å²) in [6, 6.07) is 7.97. The lowest BCUT2D eigenvalue weighted by Gasteiger charge is -2.33. The number of nitrogens with zero attached hydrogens (tertiary/aromatic N) is 3. The number of carbonyl (C=O) groups excluding carboxylic acids is 1. The molecule has 0 radical (unpaired) electrons. The lowest BCUT2D eigenvalue weighted by molar-refractivity contribution is 0.0951. The van der Waals surface area contributed by atoms with Gasteiger partial charge in [-0.2, -0.15) is 0 Å². The molecule has 2 heterocycles. The SMILES string of the molecule is CN1CCN(c2ccc(CNC(=O)c3cc(S(C)(=O)=O)ccc3Cl)cn2)CC1. The van der Waals surface area contributed by atoms with Crippen LogP contribution in [0.1, 0.15) is 15.9 Å². The van der Waals surface area contributed by atoms with Crippen LogP contribution in [0.15, 0.2) is 41.4 Å². The lowest BCUT2D eigenvalue weighted by atomic mass is 10.2. The highest BCUT2D eigenvalue weighted by molar-refractivity contribution is 7.90. The third kappa shape index (κ3) is 5.01. The van der Waals surface area contributed by atoms with Crippen molar-refractivity contribution in [3.63, 3.8) is 0 Å². The second kappa shape index (κ2) is 8.46. The standard InChI is InChI=1S/C19H23ClN4O3S/c1-23-7-9-24(10-8-23)18-6-3-14(12-21-18)13-22-19(25)16-11-15(28(2,26)27)4-5-17(16)20/h3-6,11-12H,7-10,13H2,1-2H3,(H,22,25). The minimum absolute atomic E-state index is 0.0558. The van der Waals surface area contributed by atoms with E-state index in [1.165, 1.54) is 18.2 Å². The smallest absolute Gasteiger partial charge is 0.253 e. The number of piperazine rings is 1. The zero-order valence-corrected chi connectivity index (χ0v) is 17.4. The highest BCUT2D eigenvalue weighted by atomic mass is 35.5. The molecule has 1 N–H and O–H groups in total. The summed E-state index contributed by atoms with van der Waals surface area (Å²) in [6.07, 6.45) is 2.83. The number of hydrogen-bond acceptors (Lipinski definition) is 6. The number of benzene rings is 1. The molecule has 0 aliphatic carbocycles. The molecule has 0 unspecified atom stereocenters. The summed E-state index contributed by atoms with van der Waals surface area (Å²) in [5, 5.41) is 2.96. The highest BCUT2D eigenvalue weighted by Crippen LogP contribution is 2.21. The van der Waals surface area contributed by atoms with Gasteiger partial charge in [0.05, 0.1) is 15.5 Å². The molecule has 1 fully saturated rings. The number of sulfone groups is 1. The van der Waals surface area contributed by atoms with E-state index in [0.29, 0.717) is 0 Å². The topological polar surface area (TPSA) is 82.6 Å². The van der Waals surface area contributed by atoms with Crippen LogP contribution in [0.25, 0.3) is 0 Å². The van der Waals surface area contributed by atoms with E-state index in [1.807, 2.05) is 12.1 Å². The van der Waals surface area contributed by atoms with E-state index in [1.54, 1.807) is 6.20 Å². The Balaban J connectivity index is 1.63. The van der Waals surface area contributed by atoms with E-state index in [9.17, 15) is 13.2 Å². The van der Waals surface area contributed by atoms with Gasteiger partial charge in [0, 0.05) is 45.2 Å². The Hall–Kier alpha value is -2.16. The van der Waals surface area contributed by atoms with E-state index in [2.05, 4.69) is 27.1 Å². The van der Waals surface area contributed by atoms with Gasteiger partial charge < -0.3 is 15.1 Å². The number of nitrogens with one attached hydrogen (secondary N) is 1. The number of rotatable bonds is 5. The van der Waals surface area contributed by atoms with Crippen molar-refractivity contribution in [3.05, 3.63) is 52.7 Å². The van der Waals surface area contributed by atoms with Gasteiger partial charge in [0.15, 0.2) is 9.84 Å². The lowest BCUT2D eigenvalue weighted by Crippen LogP contribution is -2.44. The first-order chi connectivity index (χ1) is 13.2. The summed E-state index contributed by atoms with van der Waals surface area (Å²) >= 11 is 6.06. The van der Waals surface area contributed by atoms with Crippen molar-refractivity contribution in [3.8, 4) is 0 Å². The fourth-order valence-corrected chi connectivity index (χ4v) is 3.78. The Bertz CT molecular complexity index is 956. The molecule has 1 aliphatic heterocycles. The van der Waals surface area contributed by atoms with Crippen LogP contribution >= 0.6 is 11.6 Å². The molecular formula is C19H23ClN4O3S. The largest absolute Gasteiger partial charge is 0.354 e. The zero-order chi connectivity index (χ0) is 20.3. The number of halogens is 1. The third-order valence-electron chi connectivity index (χ3n) is 4.70. The van der Waals surface area contributed by atoms with E-state index in [0.717, 1.165) is 43.8 Å². The zero-order valence-electron chi connectivity index (χ0n) is 15.9. The van der Waals surface area contributed by atoms with Crippen molar-refractivity contribution in [2.75, 3.05) is 44.4 Å². The van der Waals surface area contributed by atoms with Gasteiger partial charge in [-0.15, -0.1) is 0 Å². The molecule has 1 saturated heterocycles. The molecule has 1 aromatic carbocycles. The molecule has 0 saturated carbocycles. The summed E-state index contributed by atoms with van der Waals surface area (Å²) in [4.78, 5) is 21.5. The number of carbonyl (C=O) groups is 1. The number of amides is 1. The minimum atomic E-state index is -3.42. The molecule has 1 aliphatic rings. The van der Waals surface area contributed by atoms with Crippen molar-refractivity contribution in [1.29, 1.82) is 0 Å². The Morgan fingerprint density at radius 3 is 2.50 bits per heavy atom. The quantitative estimate of drug-likeness (QED) is 0.791. The third-order valence-corrected chi connectivity index (χ3v) is 6.14. The summed E-state index contributed by atoms with van der Waals surface area (Å²) in [6.45, 7) is 4.16. The number of aromatic nitrogens is 1. The molecule has 2 aromatic rings. The molecule has 3 rings (SSSR count). The van der Waals surface area contributed by atoms with Gasteiger partial charge in [-0.25, -0.2) is 13.4 Å². The van der Waals surface area contributed by atoms with Crippen molar-refractivity contribution < 1.29 is 13.2 Å². The second-order valence-electron chi connectivity index (χ2n) is 6.91. The van der Waals surface area contributed by atoms with Gasteiger partial charge in [-0.1, -0.05) is 17.7 Å². The first-order valence-corrected chi connectivity index (χ1v) is 11.2. The monoisotopic (exact) mass is 422 g/mol. The Morgan fingerprint density at radius 2 is 1.89 bits per heavy atom. The molecule has 28 heavy (non-hydrogen) atoms. The van der Waals surface area contributed by atoms with Gasteiger partial charge in [-0.05, 0) is 36.9 Å². The average Bonchev–Trinajstić information content (AvgIpc) is 2.66. The molecule has 1 aromatic heterocycles. The van der Waals surface area contributed by atoms with E-state index < -0.39 is 15.7 Å². The van der Waals surface area contributed by atoms with Gasteiger partial charge in [0.25, 0.3) is 5.91 Å². The van der Waals surface area contributed by atoms with E-state index in [-0.39, 0.29) is 22.0 Å². The average molecular weight is 423 g/mol. The molecule has 7 nitrogen and oxygen atoms in total. The van der Waals surface area contributed by atoms with Crippen LogP contribution in [0.2, 0.25) is 5.02 Å². The van der Waals surface area contributed by atoms with Crippen molar-refractivity contribution in [1.82, 2.24) is 15.2 Å². The van der Waals surface area contributed by atoms with Crippen LogP contribution in [-0.4, -0.2) is 63.7 Å². The molecule has 0 bridgehead atoms. The van der Waals surface area contributed by atoms with Gasteiger partial charge in [-0.3, -0.25) is 4.79 Å². The summed E-state index contributed by atoms with van der Waals surface area (Å²) in [7, 11) is -1.31. The first kappa shape index (κ1) is 20.6. The number of pyridine rings is 1. The predicted octanol–water partition coefficient (Wildman–Crippen LogP) is 1.82. The summed E-state index contributed by atoms with van der Waals surface area (Å²) < 4.78 is 23.4. The molecule has 0 spiro atoms. The fourth-order valence-electron chi connectivity index (χ4n) is 2.93. The minimum Gasteiger partial charge on any atom is -0.354 e. The fraction of sp³-hybridized carbons (Fsp3) is 0.368. The second-order valence-corrected chi connectivity index (χ2v) is 9.33. The van der Waals surface area contributed by atoms with Crippen LogP contribution in [0.4, 0.5) is 5.82 Å². The van der Waals surface area contributed by atoms with Crippen LogP contribution < -0.4 is 10.2 Å². The van der Waals surface area contributed by atoms with Gasteiger partial charge in [0.2, 0.25) is 0 Å². The van der Waals surface area contributed by atoms with Crippen LogP contribution in [0.3, 0.4) is 0 Å². The van der Waals surface area contributed by atoms with Crippen molar-refractivity contribution >= 4 is 33.2 Å². The molecule has 1 amide bonds. The van der Waals surface area contributed by atoms with Crippen molar-refractivity contribution in [2.45, 2.75) is 11.4 Å². The maximum absolute atomic E-state index is 12.4. The van der Waals surface area contributed by atoms with Crippen molar-refractivity contribution in [2.24, 2.45) is 0 Å². The summed E-state index contributed by atoms with van der Waals surface area (Å²) in [5.41, 5.74) is 0.980. The highest BCUT2D eigenvalue weighted by Gasteiger charge is 2.17. The van der Waals surface area contributed by atoms with Crippen LogP contribution in [0.5, 0.6) is 0 Å². The van der Waals surface area contributed by atoms with Gasteiger partial charge >= 0.3 is 0 Å². The molecule has 150 valence electrons. The normalized spacial score (nSPS) is 15.5. The summed E-state index contributed by atoms with van der Waals surface area (Å²) in [5.74, 6) is 0.491. The number of anilines is 1. The van der Waals surface area contributed by atoms with E-state index >= 15 is 0 Å². The number of hydrogen-bond donors (Lipinski definition) is 1. The Labute approximate surface area is 170 Å². The maximum Gasteiger partial charge on any atom is 0.253 e. The van der Waals surface area contributed by atoms with Crippen LogP contribution in [0, 0.1) is 0 Å². The molecule has 9 heteroatoms. The van der Waals surface area contributed by atoms with E-state index in [4.69, 9.17) is 11.6 Å². The molecule has 0 atom stereocenters.